The van der Waals surface area contributed by atoms with E-state index in [1.807, 2.05) is 4.72 Å². The number of thiophene rings is 1. The summed E-state index contributed by atoms with van der Waals surface area (Å²) in [4.78, 5) is 35.7. The van der Waals surface area contributed by atoms with Crippen LogP contribution in [-0.2, 0) is 14.6 Å². The van der Waals surface area contributed by atoms with Crippen LogP contribution in [0.15, 0.2) is 89.1 Å². The number of carbonyl (C=O) groups excluding carboxylic acids is 2. The zero-order chi connectivity index (χ0) is 42.7. The van der Waals surface area contributed by atoms with Gasteiger partial charge in [-0.1, -0.05) is 0 Å². The van der Waals surface area contributed by atoms with Crippen molar-refractivity contribution < 1.29 is 66.3 Å². The Kier molecular flexibility index (Phi) is 14.5. The number of amides is 1. The molecule has 1 unspecified atom stereocenters. The fraction of sp³-hybridized carbons (Fsp3) is 0.205. The number of hydrogen-bond donors (Lipinski definition) is 7. The molecule has 4 aromatic carbocycles. The number of nitrogens with one attached hydrogen (secondary N) is 2. The minimum atomic E-state index is -4.66. The van der Waals surface area contributed by atoms with E-state index < -0.39 is 47.1 Å². The van der Waals surface area contributed by atoms with Gasteiger partial charge in [0, 0.05) is 35.0 Å². The molecule has 0 saturated heterocycles. The van der Waals surface area contributed by atoms with Crippen molar-refractivity contribution >= 4 is 40.6 Å². The van der Waals surface area contributed by atoms with E-state index in [1.54, 1.807) is 24.3 Å². The van der Waals surface area contributed by atoms with Gasteiger partial charge < -0.3 is 44.6 Å². The number of unbranched alkanes of at least 4 members (excludes halogenated alkanes) is 1. The van der Waals surface area contributed by atoms with E-state index in [0.29, 0.717) is 35.5 Å². The second-order valence-electron chi connectivity index (χ2n) is 12.7. The zero-order valence-corrected chi connectivity index (χ0v) is 33.4. The lowest BCUT2D eigenvalue weighted by atomic mass is 10.1. The smallest absolute Gasteiger partial charge is 0.391 e. The lowest BCUT2D eigenvalue weighted by molar-refractivity contribution is 0.0948. The first-order chi connectivity index (χ1) is 28.0. The molecule has 0 radical (unpaired) electrons. The third-order valence-corrected chi connectivity index (χ3v) is 12.6. The average Bonchev–Trinajstić information content (AvgIpc) is 3.71. The van der Waals surface area contributed by atoms with Crippen molar-refractivity contribution in [2.75, 3.05) is 26.0 Å². The monoisotopic (exact) mass is 869 g/mol. The Bertz CT molecular complexity index is 2540. The van der Waals surface area contributed by atoms with Gasteiger partial charge in [-0.15, -0.1) is 11.3 Å². The quantitative estimate of drug-likeness (QED) is 0.0194. The molecule has 20 heteroatoms. The summed E-state index contributed by atoms with van der Waals surface area (Å²) < 4.78 is 71.5. The van der Waals surface area contributed by atoms with Crippen molar-refractivity contribution in [1.29, 1.82) is 5.26 Å². The number of halogens is 1. The molecule has 0 aliphatic carbocycles. The summed E-state index contributed by atoms with van der Waals surface area (Å²) >= 11 is 0.850. The highest BCUT2D eigenvalue weighted by Gasteiger charge is 2.27. The zero-order valence-electron chi connectivity index (χ0n) is 30.8. The summed E-state index contributed by atoms with van der Waals surface area (Å²) in [7, 11) is -8.99. The van der Waals surface area contributed by atoms with Crippen molar-refractivity contribution in [3.8, 4) is 56.8 Å². The van der Waals surface area contributed by atoms with E-state index in [0.717, 1.165) is 35.6 Å². The minimum Gasteiger partial charge on any atom is -0.504 e. The predicted octanol–water partition coefficient (Wildman–Crippen LogP) is 6.38. The van der Waals surface area contributed by atoms with Crippen LogP contribution in [-0.4, -0.2) is 71.5 Å². The Balaban J connectivity index is 1.22. The summed E-state index contributed by atoms with van der Waals surface area (Å²) in [5.74, 6) is -3.00. The van der Waals surface area contributed by atoms with Crippen LogP contribution < -0.4 is 24.0 Å². The van der Waals surface area contributed by atoms with Gasteiger partial charge >= 0.3 is 7.60 Å². The maximum Gasteiger partial charge on any atom is 0.391 e. The lowest BCUT2D eigenvalue weighted by Crippen LogP contribution is -2.25. The first-order valence-corrected chi connectivity index (χ1v) is 21.7. The van der Waals surface area contributed by atoms with Crippen molar-refractivity contribution in [3.05, 3.63) is 107 Å². The summed E-state index contributed by atoms with van der Waals surface area (Å²) in [6.07, 6.45) is 0.315. The molecule has 59 heavy (non-hydrogen) atoms. The number of Topliss-reactive ketones (excluding diaryl/α,β-unsaturated/α-hetero) is 1. The standard InChI is InChI=1S/C39H37FN3O13PS2/c40-29-21-28(9-5-27(29)22-41)56-57(50,51)23-43-59(52,53)38-14-13-37(58-38)25-8-12-35(54-17-3-15-42-39(49)26-7-11-32(46)34(48)19-26)36(20-25)55-16-2-1-4-30(44)24-6-10-31(45)33(47)18-24/h5-14,18-21,43,45-48H,1-4,15-17,23H2,(H,42,49)(H,50,51). The predicted molar refractivity (Wildman–Crippen MR) is 212 cm³/mol. The van der Waals surface area contributed by atoms with Crippen molar-refractivity contribution in [2.24, 2.45) is 0 Å². The first-order valence-electron chi connectivity index (χ1n) is 17.6. The Morgan fingerprint density at radius 1 is 0.797 bits per heavy atom. The van der Waals surface area contributed by atoms with Gasteiger partial charge in [-0.25, -0.2) is 17.4 Å². The molecule has 0 spiro atoms. The van der Waals surface area contributed by atoms with Crippen LogP contribution in [0, 0.1) is 17.1 Å². The summed E-state index contributed by atoms with van der Waals surface area (Å²) in [5.41, 5.74) is 0.613. The van der Waals surface area contributed by atoms with Crippen LogP contribution in [0.2, 0.25) is 0 Å². The number of phenols is 4. The normalized spacial score (nSPS) is 12.2. The molecule has 0 aliphatic heterocycles. The number of rotatable bonds is 20. The van der Waals surface area contributed by atoms with E-state index >= 15 is 0 Å². The number of carbonyl (C=O) groups is 2. The number of nitriles is 1. The topological polar surface area (TPSA) is 262 Å². The van der Waals surface area contributed by atoms with E-state index in [4.69, 9.17) is 19.3 Å². The molecule has 0 aliphatic rings. The fourth-order valence-corrected chi connectivity index (χ4v) is 9.07. The number of hydrogen-bond acceptors (Lipinski definition) is 14. The van der Waals surface area contributed by atoms with Gasteiger partial charge in [0.15, 0.2) is 40.3 Å². The molecule has 16 nitrogen and oxygen atoms in total. The molecule has 310 valence electrons. The van der Waals surface area contributed by atoms with E-state index in [-0.39, 0.29) is 75.9 Å². The van der Waals surface area contributed by atoms with Crippen LogP contribution >= 0.6 is 18.9 Å². The molecule has 7 N–H and O–H groups in total. The van der Waals surface area contributed by atoms with E-state index in [2.05, 4.69) is 5.32 Å². The van der Waals surface area contributed by atoms with Gasteiger partial charge in [0.2, 0.25) is 0 Å². The molecule has 0 saturated carbocycles. The van der Waals surface area contributed by atoms with Crippen LogP contribution in [0.3, 0.4) is 0 Å². The van der Waals surface area contributed by atoms with Crippen LogP contribution in [0.5, 0.6) is 40.2 Å². The Morgan fingerprint density at radius 2 is 1.47 bits per heavy atom. The van der Waals surface area contributed by atoms with Gasteiger partial charge in [-0.05, 0) is 104 Å². The Morgan fingerprint density at radius 3 is 2.17 bits per heavy atom. The number of sulfonamides is 1. The average molecular weight is 870 g/mol. The molecule has 5 rings (SSSR count). The van der Waals surface area contributed by atoms with Crippen molar-refractivity contribution in [2.45, 2.75) is 29.9 Å². The number of benzene rings is 4. The molecule has 5 aromatic rings. The molecular weight excluding hydrogens is 833 g/mol. The van der Waals surface area contributed by atoms with Gasteiger partial charge in [0.05, 0.1) is 18.8 Å². The number of nitrogens with zero attached hydrogens (tertiary/aromatic N) is 1. The molecular formula is C39H37FN3O13PS2. The van der Waals surface area contributed by atoms with Crippen LogP contribution in [0.4, 0.5) is 4.39 Å². The molecule has 1 heterocycles. The van der Waals surface area contributed by atoms with E-state index in [1.165, 1.54) is 42.5 Å². The Hall–Kier alpha value is -6.16. The van der Waals surface area contributed by atoms with Crippen LogP contribution in [0.1, 0.15) is 52.0 Å². The molecule has 0 bridgehead atoms. The highest BCUT2D eigenvalue weighted by atomic mass is 32.2. The number of ether oxygens (including phenoxy) is 2. The third-order valence-electron chi connectivity index (χ3n) is 8.29. The number of aromatic hydroxyl groups is 4. The molecule has 1 aromatic heterocycles. The summed E-state index contributed by atoms with van der Waals surface area (Å²) in [6, 6.07) is 19.7. The van der Waals surface area contributed by atoms with Gasteiger partial charge in [-0.3, -0.25) is 9.59 Å². The van der Waals surface area contributed by atoms with Gasteiger partial charge in [-0.2, -0.15) is 9.98 Å². The summed E-state index contributed by atoms with van der Waals surface area (Å²) in [5, 5.41) is 49.9. The largest absolute Gasteiger partial charge is 0.504 e. The van der Waals surface area contributed by atoms with Crippen molar-refractivity contribution in [3.63, 3.8) is 0 Å². The van der Waals surface area contributed by atoms with Gasteiger partial charge in [0.1, 0.15) is 28.1 Å². The molecule has 0 fully saturated rings. The second-order valence-corrected chi connectivity index (χ2v) is 17.5. The number of phenolic OH excluding ortho intramolecular Hbond substituents is 4. The minimum absolute atomic E-state index is 0.135. The molecule has 1 amide bonds. The second kappa shape index (κ2) is 19.5. The maximum atomic E-state index is 13.9. The highest BCUT2D eigenvalue weighted by molar-refractivity contribution is 7.92. The SMILES string of the molecule is N#Cc1ccc(OP(=O)(O)CNS(=O)(=O)c2ccc(-c3ccc(OCCCNC(=O)c4ccc(O)c(O)c4)c(OCCCCC(=O)c4ccc(O)c(O)c4)c3)s2)cc1F. The first kappa shape index (κ1) is 44.0. The maximum absolute atomic E-state index is 13.9. The number of ketones is 1. The van der Waals surface area contributed by atoms with Crippen molar-refractivity contribution in [1.82, 2.24) is 10.0 Å². The van der Waals surface area contributed by atoms with E-state index in [9.17, 15) is 52.3 Å². The third kappa shape index (κ3) is 12.2. The highest BCUT2D eigenvalue weighted by Crippen LogP contribution is 2.43. The fourth-order valence-electron chi connectivity index (χ4n) is 5.22. The Labute approximate surface area is 341 Å². The lowest BCUT2D eigenvalue weighted by Gasteiger charge is -2.15. The van der Waals surface area contributed by atoms with Crippen LogP contribution in [0.25, 0.3) is 10.4 Å². The molecule has 1 atom stereocenters. The summed E-state index contributed by atoms with van der Waals surface area (Å²) in [6.45, 7) is 0.486. The van der Waals surface area contributed by atoms with Gasteiger partial charge in [0.25, 0.3) is 15.9 Å².